The van der Waals surface area contributed by atoms with Gasteiger partial charge >= 0.3 is 0 Å². The number of guanidine groups is 1. The van der Waals surface area contributed by atoms with E-state index in [4.69, 9.17) is 4.99 Å². The van der Waals surface area contributed by atoms with Gasteiger partial charge in [0, 0.05) is 38.3 Å². The largest absolute Gasteiger partial charge is 0.357 e. The third-order valence-electron chi connectivity index (χ3n) is 5.21. The minimum atomic E-state index is 0.247. The van der Waals surface area contributed by atoms with Gasteiger partial charge in [-0.05, 0) is 52.5 Å². The lowest BCUT2D eigenvalue weighted by molar-refractivity contribution is 0.507. The van der Waals surface area contributed by atoms with Crippen molar-refractivity contribution in [3.8, 4) is 0 Å². The molecule has 0 radical (unpaired) electrons. The number of rotatable bonds is 6. The summed E-state index contributed by atoms with van der Waals surface area (Å²) < 4.78 is 4.17. The van der Waals surface area contributed by atoms with E-state index in [1.54, 1.807) is 0 Å². The quantitative estimate of drug-likeness (QED) is 0.595. The van der Waals surface area contributed by atoms with Gasteiger partial charge in [-0.2, -0.15) is 5.10 Å². The summed E-state index contributed by atoms with van der Waals surface area (Å²) in [6, 6.07) is 0.247. The number of nitrogens with zero attached hydrogens (tertiary/aromatic N) is 6. The zero-order valence-corrected chi connectivity index (χ0v) is 17.2. The van der Waals surface area contributed by atoms with Gasteiger partial charge < -0.3 is 15.2 Å². The van der Waals surface area contributed by atoms with E-state index in [1.807, 2.05) is 11.7 Å². The molecule has 0 spiro atoms. The van der Waals surface area contributed by atoms with E-state index in [9.17, 15) is 0 Å². The number of hydrogen-bond acceptors (Lipinski definition) is 4. The molecule has 8 heteroatoms. The standard InChI is InChI=1S/C19H32N8/c1-6-20-19(21-12-18-24-23-17-9-7-8-10-27(17)18)22-13(2)11-16-14(3)25-26(5)15(16)4/h13H,6-12H2,1-5H3,(H2,20,21,22). The minimum Gasteiger partial charge on any atom is -0.357 e. The summed E-state index contributed by atoms with van der Waals surface area (Å²) in [7, 11) is 1.99. The highest BCUT2D eigenvalue weighted by Gasteiger charge is 2.16. The highest BCUT2D eigenvalue weighted by Crippen LogP contribution is 2.15. The lowest BCUT2D eigenvalue weighted by Gasteiger charge is -2.18. The molecule has 2 aromatic heterocycles. The van der Waals surface area contributed by atoms with Crippen LogP contribution in [0.1, 0.15) is 55.3 Å². The summed E-state index contributed by atoms with van der Waals surface area (Å²) in [6.07, 6.45) is 4.34. The van der Waals surface area contributed by atoms with Crippen LogP contribution in [0.2, 0.25) is 0 Å². The Kier molecular flexibility index (Phi) is 6.13. The maximum Gasteiger partial charge on any atom is 0.191 e. The van der Waals surface area contributed by atoms with Crippen LogP contribution in [-0.2, 0) is 33.0 Å². The van der Waals surface area contributed by atoms with Crippen molar-refractivity contribution in [1.29, 1.82) is 0 Å². The van der Waals surface area contributed by atoms with Gasteiger partial charge in [0.25, 0.3) is 0 Å². The van der Waals surface area contributed by atoms with Crippen LogP contribution in [0.25, 0.3) is 0 Å². The molecule has 8 nitrogen and oxygen atoms in total. The molecule has 27 heavy (non-hydrogen) atoms. The zero-order chi connectivity index (χ0) is 19.4. The molecule has 1 aliphatic heterocycles. The van der Waals surface area contributed by atoms with E-state index >= 15 is 0 Å². The average Bonchev–Trinajstić information content (AvgIpc) is 3.16. The molecular formula is C19H32N8. The fraction of sp³-hybridized carbons (Fsp3) is 0.684. The minimum absolute atomic E-state index is 0.247. The van der Waals surface area contributed by atoms with Gasteiger partial charge in [0.15, 0.2) is 11.8 Å². The summed E-state index contributed by atoms with van der Waals surface area (Å²) in [5, 5.41) is 20.0. The first-order valence-electron chi connectivity index (χ1n) is 9.94. The van der Waals surface area contributed by atoms with E-state index in [1.165, 1.54) is 24.1 Å². The fourth-order valence-electron chi connectivity index (χ4n) is 3.66. The number of aromatic nitrogens is 5. The SMILES string of the molecule is CCNC(=NCc1nnc2n1CCCC2)NC(C)Cc1c(C)nn(C)c1C. The van der Waals surface area contributed by atoms with Crippen LogP contribution in [-0.4, -0.2) is 43.1 Å². The van der Waals surface area contributed by atoms with Gasteiger partial charge in [-0.1, -0.05) is 0 Å². The number of fused-ring (bicyclic) bond motifs is 1. The monoisotopic (exact) mass is 372 g/mol. The molecule has 148 valence electrons. The van der Waals surface area contributed by atoms with Crippen LogP contribution in [0.4, 0.5) is 0 Å². The predicted molar refractivity (Wildman–Crippen MR) is 107 cm³/mol. The molecule has 0 amide bonds. The predicted octanol–water partition coefficient (Wildman–Crippen LogP) is 1.65. The van der Waals surface area contributed by atoms with E-state index in [2.05, 4.69) is 58.2 Å². The average molecular weight is 373 g/mol. The second-order valence-electron chi connectivity index (χ2n) is 7.36. The number of aliphatic imine (C=N–C) groups is 1. The Morgan fingerprint density at radius 2 is 2.07 bits per heavy atom. The Balaban J connectivity index is 1.66. The van der Waals surface area contributed by atoms with Crippen molar-refractivity contribution in [2.75, 3.05) is 6.54 Å². The Hall–Kier alpha value is -2.38. The van der Waals surface area contributed by atoms with Crippen LogP contribution in [0.5, 0.6) is 0 Å². The van der Waals surface area contributed by atoms with Crippen LogP contribution < -0.4 is 10.6 Å². The molecule has 3 rings (SSSR count). The molecule has 0 aromatic carbocycles. The van der Waals surface area contributed by atoms with E-state index in [-0.39, 0.29) is 6.04 Å². The molecule has 2 aromatic rings. The normalized spacial score (nSPS) is 15.5. The molecule has 0 bridgehead atoms. The Labute approximate surface area is 161 Å². The smallest absolute Gasteiger partial charge is 0.191 e. The van der Waals surface area contributed by atoms with E-state index < -0.39 is 0 Å². The first-order chi connectivity index (χ1) is 13.0. The second kappa shape index (κ2) is 8.54. The lowest BCUT2D eigenvalue weighted by atomic mass is 10.1. The van der Waals surface area contributed by atoms with Crippen molar-refractivity contribution < 1.29 is 0 Å². The molecular weight excluding hydrogens is 340 g/mol. The molecule has 0 saturated heterocycles. The third-order valence-corrected chi connectivity index (χ3v) is 5.21. The third kappa shape index (κ3) is 4.48. The van der Waals surface area contributed by atoms with Gasteiger partial charge in [0.1, 0.15) is 12.4 Å². The van der Waals surface area contributed by atoms with Crippen LogP contribution in [0.15, 0.2) is 4.99 Å². The molecule has 1 aliphatic rings. The lowest BCUT2D eigenvalue weighted by Crippen LogP contribution is -2.43. The van der Waals surface area contributed by atoms with E-state index in [0.29, 0.717) is 6.54 Å². The molecule has 1 unspecified atom stereocenters. The number of hydrogen-bond donors (Lipinski definition) is 2. The Bertz CT molecular complexity index is 801. The summed E-state index contributed by atoms with van der Waals surface area (Å²) in [5.74, 6) is 2.87. The van der Waals surface area contributed by atoms with Crippen LogP contribution >= 0.6 is 0 Å². The van der Waals surface area contributed by atoms with E-state index in [0.717, 1.165) is 49.2 Å². The van der Waals surface area contributed by atoms with Crippen molar-refractivity contribution in [3.05, 3.63) is 28.6 Å². The van der Waals surface area contributed by atoms with Crippen LogP contribution in [0, 0.1) is 13.8 Å². The maximum atomic E-state index is 4.75. The highest BCUT2D eigenvalue weighted by atomic mass is 15.3. The van der Waals surface area contributed by atoms with Gasteiger partial charge in [0.2, 0.25) is 0 Å². The topological polar surface area (TPSA) is 84.9 Å². The molecule has 0 aliphatic carbocycles. The molecule has 2 N–H and O–H groups in total. The van der Waals surface area contributed by atoms with Gasteiger partial charge in [0.05, 0.1) is 5.69 Å². The first-order valence-corrected chi connectivity index (χ1v) is 9.94. The Morgan fingerprint density at radius 1 is 1.26 bits per heavy atom. The molecule has 0 saturated carbocycles. The Morgan fingerprint density at radius 3 is 2.78 bits per heavy atom. The van der Waals surface area contributed by atoms with Crippen molar-refractivity contribution >= 4 is 5.96 Å². The summed E-state index contributed by atoms with van der Waals surface area (Å²) in [5.41, 5.74) is 3.62. The number of aryl methyl sites for hydroxylation is 3. The van der Waals surface area contributed by atoms with Crippen molar-refractivity contribution in [1.82, 2.24) is 35.2 Å². The van der Waals surface area contributed by atoms with Crippen molar-refractivity contribution in [2.45, 2.75) is 72.5 Å². The highest BCUT2D eigenvalue weighted by molar-refractivity contribution is 5.80. The van der Waals surface area contributed by atoms with Crippen molar-refractivity contribution in [2.24, 2.45) is 12.0 Å². The van der Waals surface area contributed by atoms with Gasteiger partial charge in [-0.25, -0.2) is 4.99 Å². The molecule has 0 fully saturated rings. The summed E-state index contributed by atoms with van der Waals surface area (Å²) in [4.78, 5) is 4.75. The molecule has 3 heterocycles. The van der Waals surface area contributed by atoms with Gasteiger partial charge in [-0.15, -0.1) is 10.2 Å². The maximum absolute atomic E-state index is 4.75. The second-order valence-corrected chi connectivity index (χ2v) is 7.36. The van der Waals surface area contributed by atoms with Crippen molar-refractivity contribution in [3.63, 3.8) is 0 Å². The zero-order valence-electron chi connectivity index (χ0n) is 17.2. The first kappa shape index (κ1) is 19.4. The summed E-state index contributed by atoms with van der Waals surface area (Å²) >= 11 is 0. The van der Waals surface area contributed by atoms with Crippen LogP contribution in [0.3, 0.4) is 0 Å². The van der Waals surface area contributed by atoms with Gasteiger partial charge in [-0.3, -0.25) is 4.68 Å². The number of nitrogens with one attached hydrogen (secondary N) is 2. The fourth-order valence-corrected chi connectivity index (χ4v) is 3.66. The summed E-state index contributed by atoms with van der Waals surface area (Å²) in [6.45, 7) is 10.8. The molecule has 1 atom stereocenters.